The fraction of sp³-hybridized carbons (Fsp3) is 0.417. The molecule has 0 aromatic heterocycles. The summed E-state index contributed by atoms with van der Waals surface area (Å²) in [6.45, 7) is 0. The SMILES string of the molecule is CN(C)C(CC(=O)O)Cc1ccc(F)cc1. The summed E-state index contributed by atoms with van der Waals surface area (Å²) in [5.74, 6) is -1.09. The molecular weight excluding hydrogens is 209 g/mol. The van der Waals surface area contributed by atoms with Crippen molar-refractivity contribution in [3.05, 3.63) is 35.6 Å². The zero-order chi connectivity index (χ0) is 12.1. The Morgan fingerprint density at radius 2 is 1.94 bits per heavy atom. The molecule has 1 aromatic carbocycles. The fourth-order valence-electron chi connectivity index (χ4n) is 1.53. The van der Waals surface area contributed by atoms with Gasteiger partial charge in [0.15, 0.2) is 0 Å². The number of rotatable bonds is 5. The van der Waals surface area contributed by atoms with Crippen LogP contribution in [0.2, 0.25) is 0 Å². The van der Waals surface area contributed by atoms with Crippen molar-refractivity contribution in [3.8, 4) is 0 Å². The maximum Gasteiger partial charge on any atom is 0.304 e. The first-order chi connectivity index (χ1) is 7.49. The van der Waals surface area contributed by atoms with Crippen LogP contribution in [0.25, 0.3) is 0 Å². The van der Waals surface area contributed by atoms with Crippen LogP contribution in [0.15, 0.2) is 24.3 Å². The predicted molar refractivity (Wildman–Crippen MR) is 59.8 cm³/mol. The summed E-state index contributed by atoms with van der Waals surface area (Å²) in [7, 11) is 3.69. The number of hydrogen-bond acceptors (Lipinski definition) is 2. The highest BCUT2D eigenvalue weighted by atomic mass is 19.1. The molecule has 0 bridgehead atoms. The quantitative estimate of drug-likeness (QED) is 0.830. The maximum absolute atomic E-state index is 12.7. The van der Waals surface area contributed by atoms with Crippen LogP contribution in [-0.4, -0.2) is 36.1 Å². The van der Waals surface area contributed by atoms with E-state index in [-0.39, 0.29) is 18.3 Å². The minimum Gasteiger partial charge on any atom is -0.481 e. The normalized spacial score (nSPS) is 12.8. The molecule has 1 atom stereocenters. The Labute approximate surface area is 94.5 Å². The van der Waals surface area contributed by atoms with E-state index in [1.54, 1.807) is 12.1 Å². The number of halogens is 1. The number of nitrogens with zero attached hydrogens (tertiary/aromatic N) is 1. The van der Waals surface area contributed by atoms with Crippen molar-refractivity contribution >= 4 is 5.97 Å². The molecule has 1 aromatic rings. The van der Waals surface area contributed by atoms with Gasteiger partial charge in [-0.15, -0.1) is 0 Å². The molecule has 88 valence electrons. The van der Waals surface area contributed by atoms with Crippen molar-refractivity contribution in [2.24, 2.45) is 0 Å². The van der Waals surface area contributed by atoms with Gasteiger partial charge in [-0.05, 0) is 38.2 Å². The first kappa shape index (κ1) is 12.6. The standard InChI is InChI=1S/C12H16FNO2/c1-14(2)11(8-12(15)16)7-9-3-5-10(13)6-4-9/h3-6,11H,7-8H2,1-2H3,(H,15,16). The highest BCUT2D eigenvalue weighted by Crippen LogP contribution is 2.11. The number of carboxylic acids is 1. The Hall–Kier alpha value is -1.42. The lowest BCUT2D eigenvalue weighted by molar-refractivity contribution is -0.138. The van der Waals surface area contributed by atoms with E-state index in [0.29, 0.717) is 6.42 Å². The molecule has 0 aliphatic rings. The Morgan fingerprint density at radius 1 is 1.38 bits per heavy atom. The molecule has 0 spiro atoms. The van der Waals surface area contributed by atoms with Crippen LogP contribution in [-0.2, 0) is 11.2 Å². The van der Waals surface area contributed by atoms with Gasteiger partial charge in [0.05, 0.1) is 6.42 Å². The smallest absolute Gasteiger partial charge is 0.304 e. The lowest BCUT2D eigenvalue weighted by Gasteiger charge is -2.22. The third-order valence-electron chi connectivity index (χ3n) is 2.53. The van der Waals surface area contributed by atoms with E-state index in [4.69, 9.17) is 5.11 Å². The Kier molecular flexibility index (Phi) is 4.43. The Bertz CT molecular complexity index is 349. The summed E-state index contributed by atoms with van der Waals surface area (Å²) in [5.41, 5.74) is 0.946. The van der Waals surface area contributed by atoms with Gasteiger partial charge in [-0.2, -0.15) is 0 Å². The molecule has 0 saturated heterocycles. The highest BCUT2D eigenvalue weighted by Gasteiger charge is 2.15. The summed E-state index contributed by atoms with van der Waals surface area (Å²) < 4.78 is 12.7. The molecule has 1 N–H and O–H groups in total. The molecule has 3 nitrogen and oxygen atoms in total. The fourth-order valence-corrected chi connectivity index (χ4v) is 1.53. The van der Waals surface area contributed by atoms with Crippen molar-refractivity contribution in [2.75, 3.05) is 14.1 Å². The Balaban J connectivity index is 2.67. The number of carbonyl (C=O) groups is 1. The third kappa shape index (κ3) is 3.98. The van der Waals surface area contributed by atoms with Crippen LogP contribution in [0.5, 0.6) is 0 Å². The molecule has 16 heavy (non-hydrogen) atoms. The van der Waals surface area contributed by atoms with Crippen LogP contribution in [0, 0.1) is 5.82 Å². The van der Waals surface area contributed by atoms with Crippen molar-refractivity contribution in [2.45, 2.75) is 18.9 Å². The molecule has 0 aliphatic carbocycles. The monoisotopic (exact) mass is 225 g/mol. The number of likely N-dealkylation sites (N-methyl/N-ethyl adjacent to an activating group) is 1. The lowest BCUT2D eigenvalue weighted by Crippen LogP contribution is -2.32. The minimum atomic E-state index is -0.819. The van der Waals surface area contributed by atoms with Gasteiger partial charge in [-0.3, -0.25) is 4.79 Å². The molecule has 1 rings (SSSR count). The van der Waals surface area contributed by atoms with Gasteiger partial charge in [0.25, 0.3) is 0 Å². The molecule has 4 heteroatoms. The van der Waals surface area contributed by atoms with Gasteiger partial charge in [-0.25, -0.2) is 4.39 Å². The van der Waals surface area contributed by atoms with Gasteiger partial charge in [0, 0.05) is 6.04 Å². The van der Waals surface area contributed by atoms with Crippen LogP contribution in [0.3, 0.4) is 0 Å². The van der Waals surface area contributed by atoms with Crippen molar-refractivity contribution in [1.29, 1.82) is 0 Å². The molecular formula is C12H16FNO2. The minimum absolute atomic E-state index is 0.0667. The zero-order valence-corrected chi connectivity index (χ0v) is 9.48. The van der Waals surface area contributed by atoms with Crippen molar-refractivity contribution in [3.63, 3.8) is 0 Å². The molecule has 0 aliphatic heterocycles. The van der Waals surface area contributed by atoms with E-state index in [0.717, 1.165) is 5.56 Å². The van der Waals surface area contributed by atoms with E-state index < -0.39 is 5.97 Å². The number of carboxylic acid groups (broad SMARTS) is 1. The summed E-state index contributed by atoms with van der Waals surface area (Å²) in [4.78, 5) is 12.5. The molecule has 1 unspecified atom stereocenters. The summed E-state index contributed by atoms with van der Waals surface area (Å²) in [6, 6.07) is 6.09. The Morgan fingerprint density at radius 3 is 2.38 bits per heavy atom. The van der Waals surface area contributed by atoms with E-state index >= 15 is 0 Å². The first-order valence-electron chi connectivity index (χ1n) is 5.11. The zero-order valence-electron chi connectivity index (χ0n) is 9.48. The van der Waals surface area contributed by atoms with Gasteiger partial charge < -0.3 is 10.0 Å². The van der Waals surface area contributed by atoms with Gasteiger partial charge in [-0.1, -0.05) is 12.1 Å². The molecule has 0 fully saturated rings. The van der Waals surface area contributed by atoms with Gasteiger partial charge in [0.1, 0.15) is 5.82 Å². The third-order valence-corrected chi connectivity index (χ3v) is 2.53. The highest BCUT2D eigenvalue weighted by molar-refractivity contribution is 5.67. The van der Waals surface area contributed by atoms with E-state index in [2.05, 4.69) is 0 Å². The largest absolute Gasteiger partial charge is 0.481 e. The first-order valence-corrected chi connectivity index (χ1v) is 5.11. The lowest BCUT2D eigenvalue weighted by atomic mass is 10.0. The van der Waals surface area contributed by atoms with Crippen LogP contribution in [0.4, 0.5) is 4.39 Å². The van der Waals surface area contributed by atoms with E-state index in [9.17, 15) is 9.18 Å². The maximum atomic E-state index is 12.7. The average molecular weight is 225 g/mol. The number of benzene rings is 1. The summed E-state index contributed by atoms with van der Waals surface area (Å²) in [6.07, 6.45) is 0.698. The van der Waals surface area contributed by atoms with Crippen LogP contribution < -0.4 is 0 Å². The van der Waals surface area contributed by atoms with Crippen LogP contribution >= 0.6 is 0 Å². The molecule has 0 amide bonds. The van der Waals surface area contributed by atoms with Crippen molar-refractivity contribution in [1.82, 2.24) is 4.90 Å². The van der Waals surface area contributed by atoms with E-state index in [1.807, 2.05) is 19.0 Å². The van der Waals surface area contributed by atoms with Crippen LogP contribution in [0.1, 0.15) is 12.0 Å². The second-order valence-electron chi connectivity index (χ2n) is 4.05. The predicted octanol–water partition coefficient (Wildman–Crippen LogP) is 1.77. The average Bonchev–Trinajstić information content (AvgIpc) is 2.19. The second kappa shape index (κ2) is 5.61. The van der Waals surface area contributed by atoms with Crippen molar-refractivity contribution < 1.29 is 14.3 Å². The topological polar surface area (TPSA) is 40.5 Å². The molecule has 0 saturated carbocycles. The molecule has 0 heterocycles. The number of hydrogen-bond donors (Lipinski definition) is 1. The summed E-state index contributed by atoms with van der Waals surface area (Å²) >= 11 is 0. The number of aliphatic carboxylic acids is 1. The summed E-state index contributed by atoms with van der Waals surface area (Å²) in [5, 5.41) is 8.77. The van der Waals surface area contributed by atoms with Gasteiger partial charge >= 0.3 is 5.97 Å². The van der Waals surface area contributed by atoms with Gasteiger partial charge in [0.2, 0.25) is 0 Å². The van der Waals surface area contributed by atoms with E-state index in [1.165, 1.54) is 12.1 Å². The second-order valence-corrected chi connectivity index (χ2v) is 4.05. The molecule has 0 radical (unpaired) electrons.